The molecule has 1 fully saturated rings. The molecule has 0 unspecified atom stereocenters. The van der Waals surface area contributed by atoms with Crippen molar-refractivity contribution in [2.24, 2.45) is 0 Å². The SMILES string of the molecule is Cc1cc(Br)ccc1NC(=O)CSc1nnc(-c2ccco2)n1C1CCCCC1. The van der Waals surface area contributed by atoms with Gasteiger partial charge < -0.3 is 9.73 Å². The summed E-state index contributed by atoms with van der Waals surface area (Å²) < 4.78 is 8.74. The van der Waals surface area contributed by atoms with Crippen LogP contribution in [-0.2, 0) is 4.79 Å². The normalized spacial score (nSPS) is 14.8. The predicted molar refractivity (Wildman–Crippen MR) is 118 cm³/mol. The summed E-state index contributed by atoms with van der Waals surface area (Å²) >= 11 is 4.87. The molecule has 8 heteroatoms. The highest BCUT2D eigenvalue weighted by atomic mass is 79.9. The minimum Gasteiger partial charge on any atom is -0.461 e. The highest BCUT2D eigenvalue weighted by Crippen LogP contribution is 2.35. The second kappa shape index (κ2) is 9.17. The summed E-state index contributed by atoms with van der Waals surface area (Å²) in [5.41, 5.74) is 1.84. The molecule has 29 heavy (non-hydrogen) atoms. The van der Waals surface area contributed by atoms with E-state index in [1.807, 2.05) is 37.3 Å². The van der Waals surface area contributed by atoms with Gasteiger partial charge in [0.1, 0.15) is 0 Å². The number of hydrogen-bond acceptors (Lipinski definition) is 5. The average molecular weight is 475 g/mol. The van der Waals surface area contributed by atoms with Crippen molar-refractivity contribution < 1.29 is 9.21 Å². The van der Waals surface area contributed by atoms with Crippen molar-refractivity contribution in [3.8, 4) is 11.6 Å². The fourth-order valence-corrected chi connectivity index (χ4v) is 4.98. The average Bonchev–Trinajstić information content (AvgIpc) is 3.38. The van der Waals surface area contributed by atoms with Gasteiger partial charge in [-0.05, 0) is 55.7 Å². The van der Waals surface area contributed by atoms with Crippen LogP contribution in [0.25, 0.3) is 11.6 Å². The van der Waals surface area contributed by atoms with Gasteiger partial charge in [0.2, 0.25) is 11.7 Å². The molecule has 4 rings (SSSR count). The lowest BCUT2D eigenvalue weighted by atomic mass is 9.95. The molecule has 0 saturated heterocycles. The van der Waals surface area contributed by atoms with Gasteiger partial charge in [-0.3, -0.25) is 9.36 Å². The Morgan fingerprint density at radius 1 is 1.28 bits per heavy atom. The molecule has 1 amide bonds. The van der Waals surface area contributed by atoms with E-state index in [0.29, 0.717) is 11.8 Å². The van der Waals surface area contributed by atoms with Crippen LogP contribution in [0.3, 0.4) is 0 Å². The van der Waals surface area contributed by atoms with Crippen LogP contribution in [0, 0.1) is 6.92 Å². The molecule has 2 heterocycles. The Morgan fingerprint density at radius 2 is 2.10 bits per heavy atom. The lowest BCUT2D eigenvalue weighted by molar-refractivity contribution is -0.113. The standard InChI is InChI=1S/C21H23BrN4O2S/c1-14-12-15(22)9-10-17(14)23-19(27)13-29-21-25-24-20(18-8-5-11-28-18)26(21)16-6-3-2-4-7-16/h5,8-12,16H,2-4,6-7,13H2,1H3,(H,23,27). The maximum Gasteiger partial charge on any atom is 0.234 e. The van der Waals surface area contributed by atoms with Gasteiger partial charge >= 0.3 is 0 Å². The molecule has 152 valence electrons. The maximum absolute atomic E-state index is 12.5. The zero-order valence-corrected chi connectivity index (χ0v) is 18.6. The molecule has 1 saturated carbocycles. The van der Waals surface area contributed by atoms with Crippen LogP contribution in [0.5, 0.6) is 0 Å². The van der Waals surface area contributed by atoms with Crippen LogP contribution in [0.2, 0.25) is 0 Å². The van der Waals surface area contributed by atoms with Crippen molar-refractivity contribution in [2.45, 2.75) is 50.2 Å². The molecule has 2 aromatic heterocycles. The van der Waals surface area contributed by atoms with Gasteiger partial charge in [0.05, 0.1) is 12.0 Å². The van der Waals surface area contributed by atoms with Gasteiger partial charge in [0, 0.05) is 16.2 Å². The highest BCUT2D eigenvalue weighted by Gasteiger charge is 2.25. The number of nitrogens with zero attached hydrogens (tertiary/aromatic N) is 3. The number of aryl methyl sites for hydroxylation is 1. The first-order chi connectivity index (χ1) is 14.1. The molecule has 0 aliphatic heterocycles. The van der Waals surface area contributed by atoms with Crippen LogP contribution in [0.1, 0.15) is 43.7 Å². The van der Waals surface area contributed by atoms with Crippen LogP contribution < -0.4 is 5.32 Å². The Labute approximate surface area is 182 Å². The number of halogens is 1. The first-order valence-corrected chi connectivity index (χ1v) is 11.6. The van der Waals surface area contributed by atoms with Gasteiger partial charge in [0.25, 0.3) is 0 Å². The van der Waals surface area contributed by atoms with Gasteiger partial charge in [-0.15, -0.1) is 10.2 Å². The number of carbonyl (C=O) groups is 1. The quantitative estimate of drug-likeness (QED) is 0.453. The number of amides is 1. The van der Waals surface area contributed by atoms with E-state index in [4.69, 9.17) is 4.42 Å². The Hall–Kier alpha value is -2.06. The molecule has 0 spiro atoms. The molecule has 1 aliphatic carbocycles. The van der Waals surface area contributed by atoms with Crippen molar-refractivity contribution in [2.75, 3.05) is 11.1 Å². The number of anilines is 1. The summed E-state index contributed by atoms with van der Waals surface area (Å²) in [6, 6.07) is 9.92. The van der Waals surface area contributed by atoms with Gasteiger partial charge in [-0.25, -0.2) is 0 Å². The fraction of sp³-hybridized carbons (Fsp3) is 0.381. The Balaban J connectivity index is 1.50. The first-order valence-electron chi connectivity index (χ1n) is 9.79. The zero-order valence-electron chi connectivity index (χ0n) is 16.2. The van der Waals surface area contributed by atoms with Crippen LogP contribution in [-0.4, -0.2) is 26.4 Å². The molecular weight excluding hydrogens is 452 g/mol. The number of thioether (sulfide) groups is 1. The van der Waals surface area contributed by atoms with E-state index in [-0.39, 0.29) is 11.7 Å². The van der Waals surface area contributed by atoms with Crippen molar-refractivity contribution in [3.05, 3.63) is 46.6 Å². The van der Waals surface area contributed by atoms with Gasteiger partial charge in [0.15, 0.2) is 10.9 Å². The Morgan fingerprint density at radius 3 is 2.83 bits per heavy atom. The second-order valence-electron chi connectivity index (χ2n) is 7.24. The molecule has 1 N–H and O–H groups in total. The third kappa shape index (κ3) is 4.75. The molecular formula is C21H23BrN4O2S. The van der Waals surface area contributed by atoms with Crippen LogP contribution >= 0.6 is 27.7 Å². The van der Waals surface area contributed by atoms with Gasteiger partial charge in [-0.2, -0.15) is 0 Å². The van der Waals surface area contributed by atoms with Crippen molar-refractivity contribution in [1.82, 2.24) is 14.8 Å². The number of rotatable bonds is 6. The third-order valence-corrected chi connectivity index (χ3v) is 6.58. The first kappa shape index (κ1) is 20.2. The summed E-state index contributed by atoms with van der Waals surface area (Å²) in [7, 11) is 0. The Kier molecular flexibility index (Phi) is 6.40. The highest BCUT2D eigenvalue weighted by molar-refractivity contribution is 9.10. The molecule has 1 aromatic carbocycles. The summed E-state index contributed by atoms with van der Waals surface area (Å²) in [5, 5.41) is 12.5. The monoisotopic (exact) mass is 474 g/mol. The van der Waals surface area contributed by atoms with Crippen molar-refractivity contribution >= 4 is 39.3 Å². The van der Waals surface area contributed by atoms with Crippen molar-refractivity contribution in [3.63, 3.8) is 0 Å². The summed E-state index contributed by atoms with van der Waals surface area (Å²) in [6.07, 6.45) is 7.52. The molecule has 1 aliphatic rings. The topological polar surface area (TPSA) is 73.0 Å². The number of furan rings is 1. The molecule has 0 bridgehead atoms. The largest absolute Gasteiger partial charge is 0.461 e. The van der Waals surface area contributed by atoms with E-state index in [1.54, 1.807) is 6.26 Å². The van der Waals surface area contributed by atoms with E-state index < -0.39 is 0 Å². The van der Waals surface area contributed by atoms with Crippen LogP contribution in [0.15, 0.2) is 50.6 Å². The minimum absolute atomic E-state index is 0.0573. The number of carbonyl (C=O) groups excluding carboxylic acids is 1. The summed E-state index contributed by atoms with van der Waals surface area (Å²) in [5.74, 6) is 1.68. The zero-order chi connectivity index (χ0) is 20.2. The number of benzene rings is 1. The summed E-state index contributed by atoms with van der Waals surface area (Å²) in [6.45, 7) is 1.98. The second-order valence-corrected chi connectivity index (χ2v) is 9.10. The molecule has 0 atom stereocenters. The third-order valence-electron chi connectivity index (χ3n) is 5.14. The number of aromatic nitrogens is 3. The van der Waals surface area contributed by atoms with E-state index in [9.17, 15) is 4.79 Å². The van der Waals surface area contributed by atoms with E-state index in [2.05, 4.69) is 36.0 Å². The smallest absolute Gasteiger partial charge is 0.234 e. The maximum atomic E-state index is 12.5. The van der Waals surface area contributed by atoms with E-state index in [0.717, 1.165) is 39.5 Å². The van der Waals surface area contributed by atoms with Crippen LogP contribution in [0.4, 0.5) is 5.69 Å². The predicted octanol–water partition coefficient (Wildman–Crippen LogP) is 5.85. The number of hydrogen-bond donors (Lipinski definition) is 1. The van der Waals surface area contributed by atoms with E-state index in [1.165, 1.54) is 31.0 Å². The molecule has 0 radical (unpaired) electrons. The number of nitrogens with one attached hydrogen (secondary N) is 1. The molecule has 3 aromatic rings. The van der Waals surface area contributed by atoms with Crippen molar-refractivity contribution in [1.29, 1.82) is 0 Å². The molecule has 6 nitrogen and oxygen atoms in total. The minimum atomic E-state index is -0.0573. The lowest BCUT2D eigenvalue weighted by Gasteiger charge is -2.25. The summed E-state index contributed by atoms with van der Waals surface area (Å²) in [4.78, 5) is 12.5. The fourth-order valence-electron chi connectivity index (χ4n) is 3.70. The van der Waals surface area contributed by atoms with E-state index >= 15 is 0 Å². The lowest BCUT2D eigenvalue weighted by Crippen LogP contribution is -2.17. The van der Waals surface area contributed by atoms with Gasteiger partial charge in [-0.1, -0.05) is 47.0 Å². The Bertz CT molecular complexity index is 981.